The molecule has 0 aromatic heterocycles. The first-order valence-corrected chi connectivity index (χ1v) is 12.8. The summed E-state index contributed by atoms with van der Waals surface area (Å²) >= 11 is 5.87. The van der Waals surface area contributed by atoms with Gasteiger partial charge in [-0.15, -0.1) is 0 Å². The smallest absolute Gasteiger partial charge is 0.368 e. The van der Waals surface area contributed by atoms with Gasteiger partial charge in [0.25, 0.3) is 5.91 Å². The molecule has 0 heterocycles. The van der Waals surface area contributed by atoms with E-state index in [1.807, 2.05) is 0 Å². The van der Waals surface area contributed by atoms with Crippen molar-refractivity contribution in [1.29, 1.82) is 0 Å². The van der Waals surface area contributed by atoms with E-state index in [1.165, 1.54) is 54.6 Å². The number of rotatable bonds is 9. The van der Waals surface area contributed by atoms with Gasteiger partial charge in [0.15, 0.2) is 0 Å². The van der Waals surface area contributed by atoms with Crippen molar-refractivity contribution >= 4 is 33.4 Å². The number of carbonyl (C=O) groups is 2. The van der Waals surface area contributed by atoms with Crippen LogP contribution in [0.15, 0.2) is 77.7 Å². The normalized spacial score (nSPS) is 12.8. The molecule has 3 N–H and O–H groups in total. The molecule has 3 rings (SSSR count). The third-order valence-electron chi connectivity index (χ3n) is 5.43. The van der Waals surface area contributed by atoms with Crippen molar-refractivity contribution in [3.05, 3.63) is 100 Å². The van der Waals surface area contributed by atoms with Gasteiger partial charge in [0.05, 0.1) is 10.5 Å². The van der Waals surface area contributed by atoms with E-state index in [1.54, 1.807) is 6.92 Å². The zero-order valence-corrected chi connectivity index (χ0v) is 21.1. The van der Waals surface area contributed by atoms with Crippen LogP contribution in [0.25, 0.3) is 0 Å². The van der Waals surface area contributed by atoms with Gasteiger partial charge in [-0.25, -0.2) is 8.42 Å². The van der Waals surface area contributed by atoms with Crippen LogP contribution in [0.1, 0.15) is 40.0 Å². The lowest BCUT2D eigenvalue weighted by Crippen LogP contribution is -2.42. The Balaban J connectivity index is 2.17. The Morgan fingerprint density at radius 2 is 1.59 bits per heavy atom. The number of nitrogens with two attached hydrogens (primary N) is 1. The van der Waals surface area contributed by atoms with Crippen LogP contribution in [0.4, 0.5) is 13.2 Å². The van der Waals surface area contributed by atoms with E-state index in [9.17, 15) is 31.2 Å². The van der Waals surface area contributed by atoms with Crippen LogP contribution in [-0.4, -0.2) is 31.1 Å². The van der Waals surface area contributed by atoms with E-state index in [0.29, 0.717) is 22.0 Å². The number of hydrogen-bond acceptors (Lipinski definition) is 4. The molecule has 0 spiro atoms. The van der Waals surface area contributed by atoms with Gasteiger partial charge in [-0.3, -0.25) is 9.59 Å². The molecular weight excluding hydrogens is 531 g/mol. The summed E-state index contributed by atoms with van der Waals surface area (Å²) in [6.45, 7) is 1.63. The van der Waals surface area contributed by atoms with Gasteiger partial charge < -0.3 is 11.1 Å². The topological polar surface area (TPSA) is 110 Å². The monoisotopic (exact) mass is 553 g/mol. The van der Waals surface area contributed by atoms with Gasteiger partial charge in [0.1, 0.15) is 6.04 Å². The Morgan fingerprint density at radius 3 is 2.14 bits per heavy atom. The summed E-state index contributed by atoms with van der Waals surface area (Å²) in [4.78, 5) is 24.4. The highest BCUT2D eigenvalue weighted by Gasteiger charge is 2.42. The van der Waals surface area contributed by atoms with Crippen molar-refractivity contribution < 1.29 is 31.2 Å². The van der Waals surface area contributed by atoms with Crippen molar-refractivity contribution in [2.45, 2.75) is 30.6 Å². The average Bonchev–Trinajstić information content (AvgIpc) is 2.84. The first kappa shape index (κ1) is 28.2. The number of halogens is 4. The molecule has 0 aliphatic rings. The van der Waals surface area contributed by atoms with E-state index in [2.05, 4.69) is 5.32 Å². The van der Waals surface area contributed by atoms with Gasteiger partial charge in [0.2, 0.25) is 15.9 Å². The first-order valence-electron chi connectivity index (χ1n) is 11.0. The summed E-state index contributed by atoms with van der Waals surface area (Å²) in [5, 5.41) is 2.86. The third kappa shape index (κ3) is 6.48. The number of alkyl halides is 3. The minimum absolute atomic E-state index is 0.236. The van der Waals surface area contributed by atoms with E-state index < -0.39 is 45.8 Å². The minimum Gasteiger partial charge on any atom is -0.368 e. The third-order valence-corrected chi connectivity index (χ3v) is 7.51. The number of amides is 2. The van der Waals surface area contributed by atoms with E-state index in [4.69, 9.17) is 17.3 Å². The summed E-state index contributed by atoms with van der Waals surface area (Å²) < 4.78 is 69.6. The summed E-state index contributed by atoms with van der Waals surface area (Å²) in [5.74, 6) is -1.65. The minimum atomic E-state index is -4.88. The fraction of sp³-hybridized carbons (Fsp3) is 0.200. The number of primary amides is 1. The maximum Gasteiger partial charge on any atom is 0.416 e. The number of carbonyl (C=O) groups excluding carboxylic acids is 2. The van der Waals surface area contributed by atoms with Crippen LogP contribution >= 0.6 is 11.6 Å². The maximum absolute atomic E-state index is 13.8. The highest BCUT2D eigenvalue weighted by Crippen LogP contribution is 2.38. The summed E-state index contributed by atoms with van der Waals surface area (Å²) in [6, 6.07) is 12.9. The second-order valence-corrected chi connectivity index (χ2v) is 10.3. The molecule has 1 atom stereocenters. The largest absolute Gasteiger partial charge is 0.416 e. The molecular formula is C25H23ClF3N3O4S. The lowest BCUT2D eigenvalue weighted by Gasteiger charge is -2.31. The fourth-order valence-corrected chi connectivity index (χ4v) is 5.40. The first-order chi connectivity index (χ1) is 17.4. The number of benzene rings is 3. The van der Waals surface area contributed by atoms with Crippen LogP contribution in [0.2, 0.25) is 5.02 Å². The molecule has 7 nitrogen and oxygen atoms in total. The molecule has 1 unspecified atom stereocenters. The molecule has 0 bridgehead atoms. The molecule has 0 aliphatic heterocycles. The van der Waals surface area contributed by atoms with Crippen molar-refractivity contribution in [3.8, 4) is 0 Å². The molecule has 37 heavy (non-hydrogen) atoms. The number of sulfonamides is 1. The van der Waals surface area contributed by atoms with E-state index in [-0.39, 0.29) is 15.8 Å². The van der Waals surface area contributed by atoms with Gasteiger partial charge in [0, 0.05) is 23.7 Å². The Bertz CT molecular complexity index is 1380. The molecule has 2 amide bonds. The quantitative estimate of drug-likeness (QED) is 0.406. The van der Waals surface area contributed by atoms with Crippen LogP contribution in [-0.2, 0) is 27.5 Å². The standard InChI is InChI=1S/C25H23ClF3N3O4S/c1-2-31-24(34)17-9-7-16(8-10-17)15-32(37(35,36)19-13-11-18(26)12-14-19)22(23(30)33)20-5-3-4-6-21(20)25(27,28)29/h3-14,22H,2,15H2,1H3,(H2,30,33)(H,31,34). The molecule has 0 saturated carbocycles. The van der Waals surface area contributed by atoms with Crippen LogP contribution in [0.3, 0.4) is 0 Å². The fourth-order valence-electron chi connectivity index (χ4n) is 3.71. The lowest BCUT2D eigenvalue weighted by molar-refractivity contribution is -0.139. The molecule has 12 heteroatoms. The van der Waals surface area contributed by atoms with Gasteiger partial charge in [-0.2, -0.15) is 17.5 Å². The number of nitrogens with zero attached hydrogens (tertiary/aromatic N) is 1. The predicted molar refractivity (Wildman–Crippen MR) is 132 cm³/mol. The van der Waals surface area contributed by atoms with Gasteiger partial charge in [-0.05, 0) is 60.5 Å². The highest BCUT2D eigenvalue weighted by atomic mass is 35.5. The molecule has 0 saturated heterocycles. The van der Waals surface area contributed by atoms with Crippen LogP contribution in [0, 0.1) is 0 Å². The average molecular weight is 554 g/mol. The summed E-state index contributed by atoms with van der Waals surface area (Å²) in [6.07, 6.45) is -4.88. The Kier molecular flexibility index (Phi) is 8.62. The van der Waals surface area contributed by atoms with E-state index >= 15 is 0 Å². The molecule has 196 valence electrons. The van der Waals surface area contributed by atoms with E-state index in [0.717, 1.165) is 18.2 Å². The predicted octanol–water partition coefficient (Wildman–Crippen LogP) is 4.53. The van der Waals surface area contributed by atoms with Crippen molar-refractivity contribution in [1.82, 2.24) is 9.62 Å². The second kappa shape index (κ2) is 11.3. The number of nitrogens with one attached hydrogen (secondary N) is 1. The zero-order valence-electron chi connectivity index (χ0n) is 19.5. The second-order valence-electron chi connectivity index (χ2n) is 7.95. The summed E-state index contributed by atoms with van der Waals surface area (Å²) in [7, 11) is -4.58. The maximum atomic E-state index is 13.8. The molecule has 3 aromatic carbocycles. The Morgan fingerprint density at radius 1 is 1.00 bits per heavy atom. The van der Waals surface area contributed by atoms with Crippen LogP contribution in [0.5, 0.6) is 0 Å². The SMILES string of the molecule is CCNC(=O)c1ccc(CN(C(C(N)=O)c2ccccc2C(F)(F)F)S(=O)(=O)c2ccc(Cl)cc2)cc1. The molecule has 0 aliphatic carbocycles. The van der Waals surface area contributed by atoms with Crippen LogP contribution < -0.4 is 11.1 Å². The highest BCUT2D eigenvalue weighted by molar-refractivity contribution is 7.89. The van der Waals surface area contributed by atoms with Crippen molar-refractivity contribution in [2.75, 3.05) is 6.54 Å². The van der Waals surface area contributed by atoms with Gasteiger partial charge >= 0.3 is 6.18 Å². The Labute approximate surface area is 217 Å². The lowest BCUT2D eigenvalue weighted by atomic mass is 9.99. The molecule has 3 aromatic rings. The molecule has 0 radical (unpaired) electrons. The van der Waals surface area contributed by atoms with Gasteiger partial charge in [-0.1, -0.05) is 41.9 Å². The zero-order chi connectivity index (χ0) is 27.4. The number of hydrogen-bond donors (Lipinski definition) is 2. The van der Waals surface area contributed by atoms with Crippen molar-refractivity contribution in [3.63, 3.8) is 0 Å². The Hall–Kier alpha value is -3.41. The molecule has 0 fully saturated rings. The summed E-state index contributed by atoms with van der Waals surface area (Å²) in [5.41, 5.74) is 4.34. The van der Waals surface area contributed by atoms with Crippen molar-refractivity contribution in [2.24, 2.45) is 5.73 Å².